The first-order valence-corrected chi connectivity index (χ1v) is 9.19. The van der Waals surface area contributed by atoms with Gasteiger partial charge in [0.1, 0.15) is 0 Å². The molecule has 0 aliphatic heterocycles. The summed E-state index contributed by atoms with van der Waals surface area (Å²) in [7, 11) is 0. The van der Waals surface area contributed by atoms with E-state index in [4.69, 9.17) is 5.26 Å². The molecule has 0 radical (unpaired) electrons. The zero-order chi connectivity index (χ0) is 19.2. The van der Waals surface area contributed by atoms with E-state index in [-0.39, 0.29) is 17.5 Å². The molecule has 0 saturated heterocycles. The minimum absolute atomic E-state index is 0.0282. The number of carbonyl (C=O) groups excluding carboxylic acids is 1. The van der Waals surface area contributed by atoms with E-state index in [0.29, 0.717) is 12.2 Å². The van der Waals surface area contributed by atoms with Gasteiger partial charge in [0, 0.05) is 11.4 Å². The molecule has 0 aliphatic carbocycles. The molecule has 1 atom stereocenters. The van der Waals surface area contributed by atoms with Crippen LogP contribution in [0.5, 0.6) is 0 Å². The molecule has 1 amide bonds. The smallest absolute Gasteiger partial charge is 0.326 e. The summed E-state index contributed by atoms with van der Waals surface area (Å²) in [6, 6.07) is 14.1. The van der Waals surface area contributed by atoms with Gasteiger partial charge in [0.15, 0.2) is 0 Å². The summed E-state index contributed by atoms with van der Waals surface area (Å²) < 4.78 is 39.2. The topological polar surface area (TPSA) is 52.9 Å². The predicted molar refractivity (Wildman–Crippen MR) is 96.8 cm³/mol. The first-order valence-electron chi connectivity index (χ1n) is 7.80. The molecule has 2 rings (SSSR count). The van der Waals surface area contributed by atoms with E-state index in [1.807, 2.05) is 36.6 Å². The molecule has 1 unspecified atom stereocenters. The lowest BCUT2D eigenvalue weighted by molar-refractivity contribution is -0.137. The number of hydrogen-bond acceptors (Lipinski definition) is 3. The third kappa shape index (κ3) is 5.27. The average Bonchev–Trinajstić information content (AvgIpc) is 2.61. The van der Waals surface area contributed by atoms with Crippen LogP contribution in [0.2, 0.25) is 0 Å². The largest absolute Gasteiger partial charge is 0.417 e. The van der Waals surface area contributed by atoms with Gasteiger partial charge < -0.3 is 5.32 Å². The summed E-state index contributed by atoms with van der Waals surface area (Å²) >= 11 is 1.50. The SMILES string of the molecule is CSCC(Cc1ccccc1)C(=O)Nc1ccc(C#N)c(C(F)(F)F)c1. The fraction of sp³-hybridized carbons (Fsp3) is 0.263. The molecular weight excluding hydrogens is 361 g/mol. The second-order valence-electron chi connectivity index (χ2n) is 5.70. The lowest BCUT2D eigenvalue weighted by Crippen LogP contribution is -2.27. The fourth-order valence-corrected chi connectivity index (χ4v) is 3.20. The van der Waals surface area contributed by atoms with E-state index in [2.05, 4.69) is 5.32 Å². The first kappa shape index (κ1) is 19.9. The summed E-state index contributed by atoms with van der Waals surface area (Å²) in [5, 5.41) is 11.4. The lowest BCUT2D eigenvalue weighted by atomic mass is 10.00. The van der Waals surface area contributed by atoms with Crippen LogP contribution in [0.3, 0.4) is 0 Å². The highest BCUT2D eigenvalue weighted by Crippen LogP contribution is 2.33. The van der Waals surface area contributed by atoms with Gasteiger partial charge in [0.2, 0.25) is 5.91 Å². The molecule has 0 saturated carbocycles. The zero-order valence-electron chi connectivity index (χ0n) is 14.0. The monoisotopic (exact) mass is 378 g/mol. The summed E-state index contributed by atoms with van der Waals surface area (Å²) in [6.45, 7) is 0. The van der Waals surface area contributed by atoms with Gasteiger partial charge >= 0.3 is 6.18 Å². The molecule has 0 spiro atoms. The van der Waals surface area contributed by atoms with Gasteiger partial charge in [0.25, 0.3) is 0 Å². The number of alkyl halides is 3. The third-order valence-corrected chi connectivity index (χ3v) is 4.51. The number of hydrogen-bond donors (Lipinski definition) is 1. The van der Waals surface area contributed by atoms with Crippen molar-refractivity contribution >= 4 is 23.4 Å². The maximum absolute atomic E-state index is 13.1. The molecule has 2 aromatic rings. The van der Waals surface area contributed by atoms with E-state index in [9.17, 15) is 18.0 Å². The molecular formula is C19H17F3N2OS. The van der Waals surface area contributed by atoms with E-state index in [1.165, 1.54) is 23.9 Å². The van der Waals surface area contributed by atoms with Crippen molar-refractivity contribution in [1.82, 2.24) is 0 Å². The molecule has 136 valence electrons. The second-order valence-corrected chi connectivity index (χ2v) is 6.61. The number of nitrogens with zero attached hydrogens (tertiary/aromatic N) is 1. The van der Waals surface area contributed by atoms with Crippen LogP contribution in [0.1, 0.15) is 16.7 Å². The Hall–Kier alpha value is -2.46. The zero-order valence-corrected chi connectivity index (χ0v) is 14.8. The number of halogens is 3. The van der Waals surface area contributed by atoms with Crippen LogP contribution in [0, 0.1) is 17.2 Å². The van der Waals surface area contributed by atoms with Crippen molar-refractivity contribution in [2.45, 2.75) is 12.6 Å². The van der Waals surface area contributed by atoms with Crippen molar-refractivity contribution < 1.29 is 18.0 Å². The Balaban J connectivity index is 2.20. The van der Waals surface area contributed by atoms with E-state index in [1.54, 1.807) is 0 Å². The van der Waals surface area contributed by atoms with Crippen LogP contribution < -0.4 is 5.32 Å². The quantitative estimate of drug-likeness (QED) is 0.790. The average molecular weight is 378 g/mol. The fourth-order valence-electron chi connectivity index (χ4n) is 2.53. The predicted octanol–water partition coefficient (Wildman–Crippen LogP) is 4.74. The normalized spacial score (nSPS) is 12.3. The van der Waals surface area contributed by atoms with Crippen LogP contribution in [0.4, 0.5) is 18.9 Å². The van der Waals surface area contributed by atoms with Gasteiger partial charge in [-0.15, -0.1) is 0 Å². The Kier molecular flexibility index (Phi) is 6.70. The number of anilines is 1. The van der Waals surface area contributed by atoms with Crippen molar-refractivity contribution in [2.75, 3.05) is 17.3 Å². The highest BCUT2D eigenvalue weighted by atomic mass is 32.2. The number of benzene rings is 2. The van der Waals surface area contributed by atoms with Crippen molar-refractivity contribution in [1.29, 1.82) is 5.26 Å². The summed E-state index contributed by atoms with van der Waals surface area (Å²) in [4.78, 5) is 12.6. The van der Waals surface area contributed by atoms with E-state index in [0.717, 1.165) is 17.7 Å². The minimum Gasteiger partial charge on any atom is -0.326 e. The Bertz CT molecular complexity index is 801. The van der Waals surface area contributed by atoms with Crippen LogP contribution in [0.15, 0.2) is 48.5 Å². The molecule has 0 aliphatic rings. The maximum Gasteiger partial charge on any atom is 0.417 e. The lowest BCUT2D eigenvalue weighted by Gasteiger charge is -2.17. The standard InChI is InChI=1S/C19H17F3N2OS/c1-26-12-15(9-13-5-3-2-4-6-13)18(25)24-16-8-7-14(11-23)17(10-16)19(20,21)22/h2-8,10,15H,9,12H2,1H3,(H,24,25). The number of nitrogens with one attached hydrogen (secondary N) is 1. The molecule has 0 heterocycles. The summed E-state index contributed by atoms with van der Waals surface area (Å²) in [6.07, 6.45) is -2.29. The van der Waals surface area contributed by atoms with E-state index < -0.39 is 17.3 Å². The molecule has 0 bridgehead atoms. The molecule has 26 heavy (non-hydrogen) atoms. The van der Waals surface area contributed by atoms with Gasteiger partial charge in [-0.3, -0.25) is 4.79 Å². The minimum atomic E-state index is -4.66. The Morgan fingerprint density at radius 2 is 1.92 bits per heavy atom. The highest BCUT2D eigenvalue weighted by Gasteiger charge is 2.34. The van der Waals surface area contributed by atoms with Gasteiger partial charge in [-0.05, 0) is 36.4 Å². The maximum atomic E-state index is 13.1. The molecule has 0 fully saturated rings. The Labute approximate surface area is 154 Å². The van der Waals surface area contributed by atoms with E-state index >= 15 is 0 Å². The van der Waals surface area contributed by atoms with Crippen LogP contribution >= 0.6 is 11.8 Å². The van der Waals surface area contributed by atoms with Gasteiger partial charge in [-0.2, -0.15) is 30.2 Å². The molecule has 3 nitrogen and oxygen atoms in total. The molecule has 1 N–H and O–H groups in total. The molecule has 0 aromatic heterocycles. The van der Waals surface area contributed by atoms with Crippen molar-refractivity contribution in [3.8, 4) is 6.07 Å². The molecule has 2 aromatic carbocycles. The number of rotatable bonds is 6. The Morgan fingerprint density at radius 3 is 2.50 bits per heavy atom. The summed E-state index contributed by atoms with van der Waals surface area (Å²) in [5.41, 5.74) is -0.513. The van der Waals surface area contributed by atoms with Gasteiger partial charge in [-0.25, -0.2) is 0 Å². The van der Waals surface area contributed by atoms with Crippen LogP contribution in [-0.4, -0.2) is 17.9 Å². The third-order valence-electron chi connectivity index (χ3n) is 3.78. The number of amides is 1. The molecule has 7 heteroatoms. The van der Waals surface area contributed by atoms with Crippen molar-refractivity contribution in [3.63, 3.8) is 0 Å². The van der Waals surface area contributed by atoms with Crippen molar-refractivity contribution in [3.05, 3.63) is 65.2 Å². The highest BCUT2D eigenvalue weighted by molar-refractivity contribution is 7.98. The number of thioether (sulfide) groups is 1. The summed E-state index contributed by atoms with van der Waals surface area (Å²) in [5.74, 6) is -0.179. The number of nitriles is 1. The second kappa shape index (κ2) is 8.77. The Morgan fingerprint density at radius 1 is 1.23 bits per heavy atom. The van der Waals surface area contributed by atoms with Crippen LogP contribution in [0.25, 0.3) is 0 Å². The van der Waals surface area contributed by atoms with Crippen molar-refractivity contribution in [2.24, 2.45) is 5.92 Å². The van der Waals surface area contributed by atoms with Gasteiger partial charge in [-0.1, -0.05) is 30.3 Å². The van der Waals surface area contributed by atoms with Crippen LogP contribution in [-0.2, 0) is 17.4 Å². The number of carbonyl (C=O) groups is 1. The van der Waals surface area contributed by atoms with Gasteiger partial charge in [0.05, 0.1) is 23.1 Å². The first-order chi connectivity index (χ1) is 12.3.